The molecule has 2 aromatic rings. The zero-order valence-corrected chi connectivity index (χ0v) is 13.6. The van der Waals surface area contributed by atoms with E-state index in [1.165, 1.54) is 0 Å². The second-order valence-corrected chi connectivity index (χ2v) is 5.62. The van der Waals surface area contributed by atoms with Gasteiger partial charge in [-0.25, -0.2) is 9.56 Å². The van der Waals surface area contributed by atoms with E-state index in [1.807, 2.05) is 67.2 Å². The van der Waals surface area contributed by atoms with E-state index in [4.69, 9.17) is 15.1 Å². The van der Waals surface area contributed by atoms with E-state index in [2.05, 4.69) is 0 Å². The minimum Gasteiger partial charge on any atom is -1.00 e. The molecular formula is C18H16ClN3O. The molecule has 4 rings (SSSR count). The van der Waals surface area contributed by atoms with Crippen LogP contribution in [0.4, 0.5) is 5.69 Å². The number of aromatic nitrogens is 1. The molecule has 5 heteroatoms. The Morgan fingerprint density at radius 2 is 1.74 bits per heavy atom. The standard InChI is InChI=1S/C18H15N3O.ClH/c1-21(2)11-7-8-15-16(9-11)22-17-10-14(19)12-5-3-4-6-13(12)18(17)20-15;/h3-10,19H,1-2H3;1H. The van der Waals surface area contributed by atoms with Crippen molar-refractivity contribution in [2.75, 3.05) is 19.8 Å². The Labute approximate surface area is 139 Å². The lowest BCUT2D eigenvalue weighted by Gasteiger charge is -2.09. The molecule has 1 aliphatic heterocycles. The first-order chi connectivity index (χ1) is 10.6. The van der Waals surface area contributed by atoms with Crippen molar-refractivity contribution in [3.8, 4) is 11.5 Å². The highest BCUT2D eigenvalue weighted by molar-refractivity contribution is 6.09. The summed E-state index contributed by atoms with van der Waals surface area (Å²) in [5.41, 5.74) is 9.25. The van der Waals surface area contributed by atoms with Crippen LogP contribution in [0.5, 0.6) is 0 Å². The molecule has 1 heterocycles. The molecule has 0 amide bonds. The second-order valence-electron chi connectivity index (χ2n) is 5.62. The molecule has 1 aliphatic carbocycles. The van der Waals surface area contributed by atoms with Gasteiger partial charge in [-0.15, -0.1) is 0 Å². The summed E-state index contributed by atoms with van der Waals surface area (Å²) in [6.45, 7) is 0. The first-order valence-corrected chi connectivity index (χ1v) is 7.15. The van der Waals surface area contributed by atoms with Crippen molar-refractivity contribution >= 4 is 27.6 Å². The number of nitrogens with two attached hydrogens (primary N) is 1. The molecule has 2 aliphatic rings. The summed E-state index contributed by atoms with van der Waals surface area (Å²) in [4.78, 5) is 4.78. The molecule has 0 radical (unpaired) electrons. The van der Waals surface area contributed by atoms with Crippen LogP contribution in [-0.2, 0) is 0 Å². The molecule has 2 N–H and O–H groups in total. The van der Waals surface area contributed by atoms with Gasteiger partial charge in [-0.2, -0.15) is 0 Å². The fourth-order valence-corrected chi connectivity index (χ4v) is 2.75. The summed E-state index contributed by atoms with van der Waals surface area (Å²) < 4.78 is 8.09. The molecule has 0 aromatic heterocycles. The van der Waals surface area contributed by atoms with Crippen LogP contribution >= 0.6 is 0 Å². The molecule has 0 atom stereocenters. The topological polar surface area (TPSA) is 55.1 Å². The number of rotatable bonds is 0. The first-order valence-electron chi connectivity index (χ1n) is 7.15. The monoisotopic (exact) mass is 325 g/mol. The highest BCUT2D eigenvalue weighted by Gasteiger charge is 2.13. The summed E-state index contributed by atoms with van der Waals surface area (Å²) >= 11 is 0. The van der Waals surface area contributed by atoms with Gasteiger partial charge < -0.3 is 22.6 Å². The third-order valence-corrected chi connectivity index (χ3v) is 3.93. The number of benzene rings is 3. The summed E-state index contributed by atoms with van der Waals surface area (Å²) in [7, 11) is 4.00. The van der Waals surface area contributed by atoms with Gasteiger partial charge in [0.25, 0.3) is 0 Å². The van der Waals surface area contributed by atoms with Crippen molar-refractivity contribution in [1.82, 2.24) is 9.56 Å². The molecule has 2 aromatic carbocycles. The predicted octanol–water partition coefficient (Wildman–Crippen LogP) is -0.296. The Balaban J connectivity index is 0.00000156. The van der Waals surface area contributed by atoms with Crippen molar-refractivity contribution in [3.63, 3.8) is 0 Å². The maximum absolute atomic E-state index is 6.15. The van der Waals surface area contributed by atoms with Gasteiger partial charge in [-0.05, 0) is 6.07 Å². The minimum absolute atomic E-state index is 0. The van der Waals surface area contributed by atoms with E-state index in [1.54, 1.807) is 0 Å². The lowest BCUT2D eigenvalue weighted by molar-refractivity contribution is -0.00000494. The van der Waals surface area contributed by atoms with E-state index in [0.717, 1.165) is 33.1 Å². The Morgan fingerprint density at radius 3 is 2.48 bits per heavy atom. The zero-order valence-electron chi connectivity index (χ0n) is 12.9. The molecule has 4 nitrogen and oxygen atoms in total. The number of fused-ring (bicyclic) bond motifs is 4. The molecule has 0 saturated heterocycles. The maximum atomic E-state index is 6.15. The summed E-state index contributed by atoms with van der Waals surface area (Å²) in [5, 5.41) is 3.09. The lowest BCUT2D eigenvalue weighted by atomic mass is 10.1. The van der Waals surface area contributed by atoms with Crippen LogP contribution < -0.4 is 28.1 Å². The molecular weight excluding hydrogens is 310 g/mol. The van der Waals surface area contributed by atoms with Gasteiger partial charge in [0.1, 0.15) is 25.3 Å². The molecule has 0 spiro atoms. The van der Waals surface area contributed by atoms with Crippen molar-refractivity contribution < 1.29 is 16.8 Å². The lowest BCUT2D eigenvalue weighted by Crippen LogP contribution is -3.00. The van der Waals surface area contributed by atoms with E-state index in [0.29, 0.717) is 11.3 Å². The number of hydrogen-bond donors (Lipinski definition) is 1. The molecule has 0 unspecified atom stereocenters. The molecule has 116 valence electrons. The van der Waals surface area contributed by atoms with Gasteiger partial charge in [-0.3, -0.25) is 0 Å². The highest BCUT2D eigenvalue weighted by Crippen LogP contribution is 2.32. The Kier molecular flexibility index (Phi) is 3.70. The number of halogens is 1. The fraction of sp³-hybridized carbons (Fsp3) is 0.111. The largest absolute Gasteiger partial charge is 1.00 e. The van der Waals surface area contributed by atoms with Crippen molar-refractivity contribution in [1.29, 1.82) is 0 Å². The number of nitrogen functional groups attached to an aromatic ring is 1. The number of hydrogen-bond acceptors (Lipinski definition) is 3. The molecule has 0 bridgehead atoms. The van der Waals surface area contributed by atoms with E-state index >= 15 is 0 Å². The normalized spacial score (nSPS) is 10.9. The van der Waals surface area contributed by atoms with Gasteiger partial charge in [0.2, 0.25) is 5.36 Å². The van der Waals surface area contributed by atoms with Crippen LogP contribution in [0.15, 0.2) is 52.9 Å². The smallest absolute Gasteiger partial charge is 0.203 e. The van der Waals surface area contributed by atoms with Crippen LogP contribution in [0.3, 0.4) is 0 Å². The molecule has 0 saturated carbocycles. The van der Waals surface area contributed by atoms with Gasteiger partial charge in [0.15, 0.2) is 11.3 Å². The Hall–Kier alpha value is -2.59. The number of anilines is 1. The Morgan fingerprint density at radius 1 is 1.00 bits per heavy atom. The number of nitrogens with zero attached hydrogens (tertiary/aromatic N) is 2. The van der Waals surface area contributed by atoms with Crippen LogP contribution in [0.25, 0.3) is 33.3 Å². The highest BCUT2D eigenvalue weighted by atomic mass is 35.5. The van der Waals surface area contributed by atoms with Crippen molar-refractivity contribution in [2.24, 2.45) is 0 Å². The maximum Gasteiger partial charge on any atom is 0.203 e. The average molecular weight is 326 g/mol. The van der Waals surface area contributed by atoms with Gasteiger partial charge >= 0.3 is 0 Å². The first kappa shape index (κ1) is 15.3. The van der Waals surface area contributed by atoms with Gasteiger partial charge in [-0.1, -0.05) is 24.3 Å². The quantitative estimate of drug-likeness (QED) is 0.209. The third-order valence-electron chi connectivity index (χ3n) is 3.93. The van der Waals surface area contributed by atoms with E-state index < -0.39 is 0 Å². The SMILES string of the molecule is C[N+](C)=c1ccc2nc3c(cc(N)c4ccccc43)oc-2c1.[Cl-]. The molecule has 0 fully saturated rings. The molecule has 23 heavy (non-hydrogen) atoms. The summed E-state index contributed by atoms with van der Waals surface area (Å²) in [6.07, 6.45) is 0. The zero-order chi connectivity index (χ0) is 15.3. The van der Waals surface area contributed by atoms with Crippen LogP contribution in [0, 0.1) is 0 Å². The van der Waals surface area contributed by atoms with Gasteiger partial charge in [0.05, 0.1) is 6.07 Å². The van der Waals surface area contributed by atoms with Crippen LogP contribution in [0.2, 0.25) is 0 Å². The summed E-state index contributed by atoms with van der Waals surface area (Å²) in [6, 6.07) is 15.9. The average Bonchev–Trinajstić information content (AvgIpc) is 2.53. The van der Waals surface area contributed by atoms with E-state index in [9.17, 15) is 0 Å². The van der Waals surface area contributed by atoms with Gasteiger partial charge in [0, 0.05) is 28.6 Å². The third kappa shape index (κ3) is 2.41. The summed E-state index contributed by atoms with van der Waals surface area (Å²) in [5.74, 6) is 0.758. The van der Waals surface area contributed by atoms with Crippen LogP contribution in [-0.4, -0.2) is 19.1 Å². The fourth-order valence-electron chi connectivity index (χ4n) is 2.75. The van der Waals surface area contributed by atoms with E-state index in [-0.39, 0.29) is 12.4 Å². The minimum atomic E-state index is 0. The Bertz CT molecular complexity index is 1060. The van der Waals surface area contributed by atoms with Crippen molar-refractivity contribution in [3.05, 3.63) is 53.9 Å². The van der Waals surface area contributed by atoms with Crippen LogP contribution in [0.1, 0.15) is 0 Å². The van der Waals surface area contributed by atoms with Crippen molar-refractivity contribution in [2.45, 2.75) is 0 Å². The predicted molar refractivity (Wildman–Crippen MR) is 89.7 cm³/mol. The second kappa shape index (κ2) is 5.56.